The van der Waals surface area contributed by atoms with Crippen molar-refractivity contribution in [3.05, 3.63) is 47.9 Å². The lowest BCUT2D eigenvalue weighted by Gasteiger charge is -2.21. The van der Waals surface area contributed by atoms with E-state index in [4.69, 9.17) is 5.73 Å². The van der Waals surface area contributed by atoms with E-state index >= 15 is 0 Å². The molecule has 1 saturated heterocycles. The van der Waals surface area contributed by atoms with E-state index in [9.17, 15) is 9.18 Å². The lowest BCUT2D eigenvalue weighted by Crippen LogP contribution is -2.52. The van der Waals surface area contributed by atoms with Gasteiger partial charge in [-0.3, -0.25) is 9.89 Å². The van der Waals surface area contributed by atoms with Crippen LogP contribution in [0.2, 0.25) is 0 Å². The van der Waals surface area contributed by atoms with E-state index in [1.54, 1.807) is 6.08 Å². The summed E-state index contributed by atoms with van der Waals surface area (Å²) in [4.78, 5) is 12.5. The largest absolute Gasteiger partial charge is 0.324 e. The molecule has 2 unspecified atom stereocenters. The molecule has 2 aromatic rings. The molecule has 0 bridgehead atoms. The number of aromatic amines is 1. The van der Waals surface area contributed by atoms with Gasteiger partial charge in [0.05, 0.1) is 11.2 Å². The van der Waals surface area contributed by atoms with Crippen molar-refractivity contribution < 1.29 is 9.18 Å². The Bertz CT molecular complexity index is 879. The van der Waals surface area contributed by atoms with Gasteiger partial charge in [-0.15, -0.1) is 0 Å². The summed E-state index contributed by atoms with van der Waals surface area (Å²) in [5.74, 6) is -0.369. The quantitative estimate of drug-likeness (QED) is 0.687. The van der Waals surface area contributed by atoms with E-state index in [0.29, 0.717) is 25.1 Å². The van der Waals surface area contributed by atoms with Gasteiger partial charge in [-0.25, -0.2) is 4.39 Å². The smallest absolute Gasteiger partial charge is 0.245 e. The fourth-order valence-electron chi connectivity index (χ4n) is 3.36. The molecule has 6 nitrogen and oxygen atoms in total. The number of allylic oxidation sites excluding steroid dienone is 4. The van der Waals surface area contributed by atoms with Crippen molar-refractivity contribution in [2.24, 2.45) is 5.73 Å². The molecule has 2 aliphatic rings. The van der Waals surface area contributed by atoms with Crippen LogP contribution >= 0.6 is 0 Å². The zero-order chi connectivity index (χ0) is 17.4. The molecule has 2 atom stereocenters. The summed E-state index contributed by atoms with van der Waals surface area (Å²) in [6.45, 7) is 1.22. The highest BCUT2D eigenvalue weighted by molar-refractivity contribution is 6.00. The van der Waals surface area contributed by atoms with E-state index in [0.717, 1.165) is 23.1 Å². The number of aromatic nitrogens is 2. The molecule has 0 spiro atoms. The number of nitrogens with two attached hydrogens (primary N) is 1. The summed E-state index contributed by atoms with van der Waals surface area (Å²) in [5, 5.41) is 14.3. The lowest BCUT2D eigenvalue weighted by atomic mass is 9.94. The Kier molecular flexibility index (Phi) is 3.89. The van der Waals surface area contributed by atoms with Gasteiger partial charge >= 0.3 is 0 Å². The first-order chi connectivity index (χ1) is 12.0. The minimum Gasteiger partial charge on any atom is -0.324 e. The van der Waals surface area contributed by atoms with Crippen LogP contribution in [0.15, 0.2) is 42.3 Å². The average Bonchev–Trinajstić information content (AvgIpc) is 3.23. The lowest BCUT2D eigenvalue weighted by molar-refractivity contribution is -0.120. The third-order valence-electron chi connectivity index (χ3n) is 4.91. The first-order valence-corrected chi connectivity index (χ1v) is 8.38. The zero-order valence-electron chi connectivity index (χ0n) is 13.7. The number of nitrogens with zero attached hydrogens (tertiary/aromatic N) is 1. The second-order valence-corrected chi connectivity index (χ2v) is 6.70. The molecule has 5 N–H and O–H groups in total. The number of hydrogen-bond donors (Lipinski definition) is 4. The number of carbonyl (C=O) groups excluding carboxylic acids is 1. The summed E-state index contributed by atoms with van der Waals surface area (Å²) in [6, 6.07) is 5.55. The monoisotopic (exact) mass is 341 g/mol. The van der Waals surface area contributed by atoms with Crippen molar-refractivity contribution >= 4 is 22.5 Å². The summed E-state index contributed by atoms with van der Waals surface area (Å²) in [5.41, 5.74) is 7.69. The topological polar surface area (TPSA) is 95.8 Å². The fraction of sp³-hybridized carbons (Fsp3) is 0.333. The van der Waals surface area contributed by atoms with Crippen LogP contribution in [0.25, 0.3) is 10.9 Å². The number of fused-ring (bicyclic) bond motifs is 1. The molecule has 1 aromatic heterocycles. The molecule has 1 aromatic carbocycles. The van der Waals surface area contributed by atoms with E-state index in [2.05, 4.69) is 20.8 Å². The molecule has 130 valence electrons. The van der Waals surface area contributed by atoms with Crippen molar-refractivity contribution in [2.75, 3.05) is 18.4 Å². The fourth-order valence-corrected chi connectivity index (χ4v) is 3.36. The molecule has 0 saturated carbocycles. The van der Waals surface area contributed by atoms with Gasteiger partial charge in [0.2, 0.25) is 5.91 Å². The van der Waals surface area contributed by atoms with Crippen molar-refractivity contribution in [1.82, 2.24) is 15.5 Å². The Balaban J connectivity index is 1.60. The Morgan fingerprint density at radius 2 is 2.32 bits per heavy atom. The Morgan fingerprint density at radius 1 is 1.44 bits per heavy atom. The van der Waals surface area contributed by atoms with E-state index in [1.165, 1.54) is 6.08 Å². The second kappa shape index (κ2) is 6.09. The summed E-state index contributed by atoms with van der Waals surface area (Å²) < 4.78 is 13.2. The number of hydrogen-bond acceptors (Lipinski definition) is 4. The predicted molar refractivity (Wildman–Crippen MR) is 94.8 cm³/mol. The second-order valence-electron chi connectivity index (χ2n) is 6.70. The first kappa shape index (κ1) is 16.0. The van der Waals surface area contributed by atoms with Crippen LogP contribution in [0.4, 0.5) is 10.1 Å². The van der Waals surface area contributed by atoms with Gasteiger partial charge in [-0.05, 0) is 49.7 Å². The van der Waals surface area contributed by atoms with E-state index in [-0.39, 0.29) is 17.7 Å². The highest BCUT2D eigenvalue weighted by Gasteiger charge is 2.37. The number of rotatable bonds is 3. The maximum atomic E-state index is 13.2. The number of anilines is 1. The summed E-state index contributed by atoms with van der Waals surface area (Å²) in [7, 11) is 0. The number of halogens is 1. The van der Waals surface area contributed by atoms with E-state index in [1.807, 2.05) is 24.3 Å². The third kappa shape index (κ3) is 2.96. The van der Waals surface area contributed by atoms with Crippen LogP contribution in [0, 0.1) is 0 Å². The number of carbonyl (C=O) groups is 1. The van der Waals surface area contributed by atoms with E-state index < -0.39 is 5.54 Å². The minimum absolute atomic E-state index is 0.0373. The Hall–Kier alpha value is -2.51. The van der Waals surface area contributed by atoms with Crippen LogP contribution in [0.1, 0.15) is 24.5 Å². The molecule has 1 aliphatic heterocycles. The molecular formula is C18H20FN5O. The van der Waals surface area contributed by atoms with Crippen LogP contribution in [0.3, 0.4) is 0 Å². The van der Waals surface area contributed by atoms with Crippen molar-refractivity contribution in [2.45, 2.75) is 24.3 Å². The molecule has 1 fully saturated rings. The predicted octanol–water partition coefficient (Wildman–Crippen LogP) is 2.09. The summed E-state index contributed by atoms with van der Waals surface area (Å²) in [6.07, 6.45) is 6.05. The van der Waals surface area contributed by atoms with Gasteiger partial charge < -0.3 is 16.4 Å². The van der Waals surface area contributed by atoms with Crippen molar-refractivity contribution in [3.8, 4) is 0 Å². The molecule has 25 heavy (non-hydrogen) atoms. The molecule has 7 heteroatoms. The normalized spacial score (nSPS) is 26.0. The van der Waals surface area contributed by atoms with Gasteiger partial charge in [0.15, 0.2) is 0 Å². The maximum absolute atomic E-state index is 13.2. The van der Waals surface area contributed by atoms with Crippen molar-refractivity contribution in [1.29, 1.82) is 0 Å². The van der Waals surface area contributed by atoms with Gasteiger partial charge in [0, 0.05) is 23.5 Å². The molecule has 0 radical (unpaired) electrons. The van der Waals surface area contributed by atoms with Gasteiger partial charge in [0.25, 0.3) is 0 Å². The number of benzene rings is 1. The van der Waals surface area contributed by atoms with Crippen LogP contribution in [-0.2, 0) is 4.79 Å². The number of H-pyrrole nitrogens is 1. The van der Waals surface area contributed by atoms with Gasteiger partial charge in [0.1, 0.15) is 11.4 Å². The van der Waals surface area contributed by atoms with Gasteiger partial charge in [-0.2, -0.15) is 5.10 Å². The third-order valence-corrected chi connectivity index (χ3v) is 4.91. The van der Waals surface area contributed by atoms with Crippen molar-refractivity contribution in [3.63, 3.8) is 0 Å². The molecule has 4 rings (SSSR count). The van der Waals surface area contributed by atoms with Crippen LogP contribution in [-0.4, -0.2) is 34.7 Å². The first-order valence-electron chi connectivity index (χ1n) is 8.38. The molecule has 1 amide bonds. The maximum Gasteiger partial charge on any atom is 0.245 e. The highest BCUT2D eigenvalue weighted by atomic mass is 19.1. The van der Waals surface area contributed by atoms with Crippen LogP contribution < -0.4 is 16.4 Å². The number of amides is 1. The molecule has 1 aliphatic carbocycles. The minimum atomic E-state index is -0.872. The molecule has 2 heterocycles. The Morgan fingerprint density at radius 3 is 3.04 bits per heavy atom. The SMILES string of the molecule is NC1(C(=O)Nc2ccc3n[nH]c(C4C=CC(F)=CC4)c3c2)CCNC1. The Labute approximate surface area is 144 Å². The average molecular weight is 341 g/mol. The standard InChI is InChI=1S/C18H20FN5O/c19-12-3-1-11(2-4-12)16-14-9-13(5-6-15(14)23-24-16)22-17(25)18(20)7-8-21-10-18/h1,3-6,9,11,21H,2,7-8,10,20H2,(H,22,25)(H,23,24). The summed E-state index contributed by atoms with van der Waals surface area (Å²) >= 11 is 0. The number of nitrogens with one attached hydrogen (secondary N) is 3. The van der Waals surface area contributed by atoms with Crippen LogP contribution in [0.5, 0.6) is 0 Å². The highest BCUT2D eigenvalue weighted by Crippen LogP contribution is 2.32. The molecular weight excluding hydrogens is 321 g/mol. The van der Waals surface area contributed by atoms with Gasteiger partial charge in [-0.1, -0.05) is 6.08 Å². The zero-order valence-corrected chi connectivity index (χ0v) is 13.7.